The van der Waals surface area contributed by atoms with Gasteiger partial charge in [0.25, 0.3) is 0 Å². The lowest BCUT2D eigenvalue weighted by Gasteiger charge is -2.16. The van der Waals surface area contributed by atoms with Gasteiger partial charge in [0.15, 0.2) is 0 Å². The number of aromatic nitrogens is 3. The molecule has 160 valence electrons. The van der Waals surface area contributed by atoms with Crippen molar-refractivity contribution >= 4 is 23.4 Å². The van der Waals surface area contributed by atoms with Gasteiger partial charge in [-0.25, -0.2) is 19.3 Å². The number of rotatable bonds is 8. The first kappa shape index (κ1) is 20.7. The summed E-state index contributed by atoms with van der Waals surface area (Å²) in [5, 5.41) is 9.39. The number of carbonyl (C=O) groups excluding carboxylic acids is 1. The van der Waals surface area contributed by atoms with Gasteiger partial charge >= 0.3 is 0 Å². The molecule has 0 unspecified atom stereocenters. The van der Waals surface area contributed by atoms with Crippen molar-refractivity contribution in [2.75, 3.05) is 23.7 Å². The molecule has 0 spiro atoms. The molecule has 1 fully saturated rings. The maximum absolute atomic E-state index is 13.2. The molecule has 0 aliphatic heterocycles. The van der Waals surface area contributed by atoms with Crippen LogP contribution in [0.15, 0.2) is 48.7 Å². The fourth-order valence-electron chi connectivity index (χ4n) is 3.53. The average molecular weight is 420 g/mol. The molecular weight excluding hydrogens is 395 g/mol. The highest BCUT2D eigenvalue weighted by Gasteiger charge is 2.50. The van der Waals surface area contributed by atoms with Gasteiger partial charge in [-0.2, -0.15) is 0 Å². The Kier molecular flexibility index (Phi) is 5.79. The molecule has 31 heavy (non-hydrogen) atoms. The Morgan fingerprint density at radius 3 is 2.45 bits per heavy atom. The molecule has 1 aliphatic carbocycles. The van der Waals surface area contributed by atoms with E-state index in [0.29, 0.717) is 36.4 Å². The second kappa shape index (κ2) is 8.67. The summed E-state index contributed by atoms with van der Waals surface area (Å²) in [5.74, 6) is 2.33. The van der Waals surface area contributed by atoms with E-state index in [9.17, 15) is 9.18 Å². The molecule has 0 atom stereocenters. The lowest BCUT2D eigenvalue weighted by molar-refractivity contribution is -0.123. The quantitative estimate of drug-likeness (QED) is 0.482. The molecule has 2 heterocycles. The zero-order valence-electron chi connectivity index (χ0n) is 17.6. The number of aryl methyl sites for hydroxylation is 2. The van der Waals surface area contributed by atoms with Crippen molar-refractivity contribution in [3.05, 3.63) is 71.4 Å². The largest absolute Gasteiger partial charge is 0.368 e. The molecule has 1 saturated carbocycles. The average Bonchev–Trinajstić information content (AvgIpc) is 3.53. The molecule has 1 aliphatic rings. The number of benzene rings is 1. The third-order valence-corrected chi connectivity index (χ3v) is 5.31. The summed E-state index contributed by atoms with van der Waals surface area (Å²) in [6.45, 7) is 4.79. The Bertz CT molecular complexity index is 1080. The Morgan fingerprint density at radius 2 is 1.74 bits per heavy atom. The van der Waals surface area contributed by atoms with Crippen molar-refractivity contribution in [2.24, 2.45) is 0 Å². The van der Waals surface area contributed by atoms with Crippen LogP contribution in [0.4, 0.5) is 21.8 Å². The van der Waals surface area contributed by atoms with Crippen LogP contribution in [0.5, 0.6) is 0 Å². The Labute approximate surface area is 180 Å². The van der Waals surface area contributed by atoms with Crippen molar-refractivity contribution in [3.8, 4) is 0 Å². The minimum absolute atomic E-state index is 0.0207. The predicted molar refractivity (Wildman–Crippen MR) is 118 cm³/mol. The van der Waals surface area contributed by atoms with Crippen LogP contribution in [0.2, 0.25) is 0 Å². The van der Waals surface area contributed by atoms with Gasteiger partial charge < -0.3 is 16.0 Å². The highest BCUT2D eigenvalue weighted by atomic mass is 19.1. The maximum Gasteiger partial charge on any atom is 0.230 e. The van der Waals surface area contributed by atoms with E-state index in [-0.39, 0.29) is 11.7 Å². The van der Waals surface area contributed by atoms with E-state index in [0.717, 1.165) is 24.0 Å². The predicted octanol–water partition coefficient (Wildman–Crippen LogP) is 3.63. The lowest BCUT2D eigenvalue weighted by Crippen LogP contribution is -2.37. The standard InChI is InChI=1S/C23H25FN6O/c1-15-7-10-25-19(13-15)30-21-14-20(28-16(2)29-21)26-11-12-27-22(31)23(8-9-23)17-3-5-18(24)6-4-17/h3-7,10,13-14H,8-9,11-12H2,1-2H3,(H,27,31)(H2,25,26,28,29,30). The molecule has 2 aromatic heterocycles. The molecule has 1 aromatic carbocycles. The highest BCUT2D eigenvalue weighted by Crippen LogP contribution is 2.48. The maximum atomic E-state index is 13.2. The van der Waals surface area contributed by atoms with Gasteiger partial charge in [0, 0.05) is 25.4 Å². The molecule has 0 saturated heterocycles. The number of hydrogen-bond donors (Lipinski definition) is 3. The first-order valence-electron chi connectivity index (χ1n) is 10.3. The van der Waals surface area contributed by atoms with Gasteiger partial charge in [0.1, 0.15) is 29.1 Å². The molecule has 0 radical (unpaired) electrons. The SMILES string of the molecule is Cc1ccnc(Nc2cc(NCCNC(=O)C3(c4ccc(F)cc4)CC3)nc(C)n2)c1. The summed E-state index contributed by atoms with van der Waals surface area (Å²) < 4.78 is 13.2. The molecule has 7 nitrogen and oxygen atoms in total. The van der Waals surface area contributed by atoms with Crippen LogP contribution in [-0.4, -0.2) is 33.9 Å². The van der Waals surface area contributed by atoms with Gasteiger partial charge in [-0.1, -0.05) is 12.1 Å². The smallest absolute Gasteiger partial charge is 0.230 e. The Balaban J connectivity index is 1.31. The van der Waals surface area contributed by atoms with Gasteiger partial charge in [0.05, 0.1) is 5.41 Å². The van der Waals surface area contributed by atoms with E-state index in [1.807, 2.05) is 26.0 Å². The van der Waals surface area contributed by atoms with Crippen LogP contribution >= 0.6 is 0 Å². The Hall–Kier alpha value is -3.55. The monoisotopic (exact) mass is 420 g/mol. The minimum Gasteiger partial charge on any atom is -0.368 e. The number of amides is 1. The first-order chi connectivity index (χ1) is 14.9. The zero-order chi connectivity index (χ0) is 21.8. The number of anilines is 3. The van der Waals surface area contributed by atoms with Crippen molar-refractivity contribution in [3.63, 3.8) is 0 Å². The summed E-state index contributed by atoms with van der Waals surface area (Å²) in [7, 11) is 0. The summed E-state index contributed by atoms with van der Waals surface area (Å²) in [4.78, 5) is 25.8. The van der Waals surface area contributed by atoms with E-state index in [4.69, 9.17) is 0 Å². The number of nitrogens with one attached hydrogen (secondary N) is 3. The number of hydrogen-bond acceptors (Lipinski definition) is 6. The van der Waals surface area contributed by atoms with E-state index >= 15 is 0 Å². The number of carbonyl (C=O) groups is 1. The number of pyridine rings is 1. The molecule has 8 heteroatoms. The lowest BCUT2D eigenvalue weighted by atomic mass is 9.95. The Morgan fingerprint density at radius 1 is 1.00 bits per heavy atom. The molecule has 0 bridgehead atoms. The topological polar surface area (TPSA) is 91.8 Å². The molecular formula is C23H25FN6O. The highest BCUT2D eigenvalue weighted by molar-refractivity contribution is 5.91. The third kappa shape index (κ3) is 4.96. The van der Waals surface area contributed by atoms with Gasteiger partial charge in [-0.15, -0.1) is 0 Å². The molecule has 3 aromatic rings. The van der Waals surface area contributed by atoms with Crippen LogP contribution in [-0.2, 0) is 10.2 Å². The van der Waals surface area contributed by atoms with E-state index in [1.165, 1.54) is 12.1 Å². The molecule has 3 N–H and O–H groups in total. The van der Waals surface area contributed by atoms with E-state index in [1.54, 1.807) is 24.4 Å². The summed E-state index contributed by atoms with van der Waals surface area (Å²) in [5.41, 5.74) is 1.45. The number of nitrogens with zero attached hydrogens (tertiary/aromatic N) is 3. The normalized spacial score (nSPS) is 14.0. The van der Waals surface area contributed by atoms with E-state index in [2.05, 4.69) is 30.9 Å². The van der Waals surface area contributed by atoms with Crippen LogP contribution in [0.25, 0.3) is 0 Å². The number of halogens is 1. The third-order valence-electron chi connectivity index (χ3n) is 5.31. The minimum atomic E-state index is -0.517. The van der Waals surface area contributed by atoms with Crippen molar-refractivity contribution in [2.45, 2.75) is 32.1 Å². The van der Waals surface area contributed by atoms with Crippen molar-refractivity contribution in [1.82, 2.24) is 20.3 Å². The van der Waals surface area contributed by atoms with Crippen LogP contribution in [0, 0.1) is 19.7 Å². The van der Waals surface area contributed by atoms with Crippen molar-refractivity contribution < 1.29 is 9.18 Å². The van der Waals surface area contributed by atoms with Gasteiger partial charge in [-0.05, 0) is 62.1 Å². The van der Waals surface area contributed by atoms with Gasteiger partial charge in [-0.3, -0.25) is 4.79 Å². The van der Waals surface area contributed by atoms with Crippen LogP contribution in [0.1, 0.15) is 29.8 Å². The van der Waals surface area contributed by atoms with Gasteiger partial charge in [0.2, 0.25) is 5.91 Å². The molecule has 1 amide bonds. The fourth-order valence-corrected chi connectivity index (χ4v) is 3.53. The van der Waals surface area contributed by atoms with Crippen LogP contribution < -0.4 is 16.0 Å². The summed E-state index contributed by atoms with van der Waals surface area (Å²) in [6.07, 6.45) is 3.31. The zero-order valence-corrected chi connectivity index (χ0v) is 17.6. The first-order valence-corrected chi connectivity index (χ1v) is 10.3. The molecule has 4 rings (SSSR count). The second-order valence-corrected chi connectivity index (χ2v) is 7.80. The van der Waals surface area contributed by atoms with Crippen LogP contribution in [0.3, 0.4) is 0 Å². The summed E-state index contributed by atoms with van der Waals surface area (Å²) in [6, 6.07) is 11.9. The summed E-state index contributed by atoms with van der Waals surface area (Å²) >= 11 is 0. The van der Waals surface area contributed by atoms with Crippen molar-refractivity contribution in [1.29, 1.82) is 0 Å². The second-order valence-electron chi connectivity index (χ2n) is 7.80. The fraction of sp³-hybridized carbons (Fsp3) is 0.304. The van der Waals surface area contributed by atoms with E-state index < -0.39 is 5.41 Å².